The van der Waals surface area contributed by atoms with E-state index in [9.17, 15) is 4.79 Å². The second-order valence-corrected chi connectivity index (χ2v) is 5.03. The van der Waals surface area contributed by atoms with Crippen LogP contribution in [-0.2, 0) is 4.79 Å². The lowest BCUT2D eigenvalue weighted by Gasteiger charge is -2.24. The van der Waals surface area contributed by atoms with E-state index in [0.29, 0.717) is 24.4 Å². The van der Waals surface area contributed by atoms with Crippen LogP contribution in [-0.4, -0.2) is 54.4 Å². The van der Waals surface area contributed by atoms with Gasteiger partial charge in [-0.25, -0.2) is 0 Å². The smallest absolute Gasteiger partial charge is 0.222 e. The minimum Gasteiger partial charge on any atom is -0.393 e. The van der Waals surface area contributed by atoms with Crippen molar-refractivity contribution in [1.82, 2.24) is 9.80 Å². The van der Waals surface area contributed by atoms with Crippen molar-refractivity contribution in [2.75, 3.05) is 33.7 Å². The standard InChI is InChI=1S/C12H25N3OS/c1-4-5-6-12(16)15(8-7-11(13)17)10-9-14(2)3/h4-10H2,1-3H3,(H2,13,17). The highest BCUT2D eigenvalue weighted by atomic mass is 32.1. The molecule has 0 aliphatic carbocycles. The number of carbonyl (C=O) groups is 1. The van der Waals surface area contributed by atoms with Crippen molar-refractivity contribution in [3.05, 3.63) is 0 Å². The molecule has 0 saturated carbocycles. The largest absolute Gasteiger partial charge is 0.393 e. The van der Waals surface area contributed by atoms with Crippen LogP contribution >= 0.6 is 12.2 Å². The summed E-state index contributed by atoms with van der Waals surface area (Å²) >= 11 is 4.85. The summed E-state index contributed by atoms with van der Waals surface area (Å²) in [5, 5.41) is 0. The number of nitrogens with two attached hydrogens (primary N) is 1. The fraction of sp³-hybridized carbons (Fsp3) is 0.833. The van der Waals surface area contributed by atoms with Crippen molar-refractivity contribution in [3.8, 4) is 0 Å². The summed E-state index contributed by atoms with van der Waals surface area (Å²) < 4.78 is 0. The van der Waals surface area contributed by atoms with Crippen molar-refractivity contribution in [3.63, 3.8) is 0 Å². The quantitative estimate of drug-likeness (QED) is 0.633. The minimum absolute atomic E-state index is 0.213. The lowest BCUT2D eigenvalue weighted by molar-refractivity contribution is -0.131. The second kappa shape index (κ2) is 9.36. The molecule has 1 amide bonds. The van der Waals surface area contributed by atoms with Crippen molar-refractivity contribution < 1.29 is 4.79 Å². The van der Waals surface area contributed by atoms with Gasteiger partial charge in [-0.2, -0.15) is 0 Å². The minimum atomic E-state index is 0.213. The number of hydrogen-bond acceptors (Lipinski definition) is 3. The third kappa shape index (κ3) is 9.06. The summed E-state index contributed by atoms with van der Waals surface area (Å²) in [6, 6.07) is 0. The maximum absolute atomic E-state index is 12.0. The Morgan fingerprint density at radius 1 is 1.18 bits per heavy atom. The van der Waals surface area contributed by atoms with E-state index in [1.807, 2.05) is 19.0 Å². The molecule has 0 aromatic heterocycles. The Labute approximate surface area is 110 Å². The molecular weight excluding hydrogens is 234 g/mol. The molecule has 2 N–H and O–H groups in total. The Morgan fingerprint density at radius 2 is 1.82 bits per heavy atom. The van der Waals surface area contributed by atoms with Crippen LogP contribution in [0, 0.1) is 0 Å². The molecule has 0 atom stereocenters. The molecule has 0 unspecified atom stereocenters. The molecule has 17 heavy (non-hydrogen) atoms. The number of likely N-dealkylation sites (N-methyl/N-ethyl adjacent to an activating group) is 1. The van der Waals surface area contributed by atoms with Gasteiger partial charge in [0.15, 0.2) is 0 Å². The number of carbonyl (C=O) groups excluding carboxylic acids is 1. The molecule has 0 fully saturated rings. The van der Waals surface area contributed by atoms with Gasteiger partial charge in [0, 0.05) is 32.5 Å². The average Bonchev–Trinajstić information content (AvgIpc) is 2.25. The van der Waals surface area contributed by atoms with Gasteiger partial charge in [0.1, 0.15) is 0 Å². The fourth-order valence-corrected chi connectivity index (χ4v) is 1.50. The van der Waals surface area contributed by atoms with Gasteiger partial charge in [0.25, 0.3) is 0 Å². The van der Waals surface area contributed by atoms with Gasteiger partial charge >= 0.3 is 0 Å². The maximum Gasteiger partial charge on any atom is 0.222 e. The summed E-state index contributed by atoms with van der Waals surface area (Å²) in [6.07, 6.45) is 3.23. The first-order valence-electron chi connectivity index (χ1n) is 6.18. The molecule has 0 saturated heterocycles. The molecule has 0 aliphatic rings. The Balaban J connectivity index is 4.17. The zero-order chi connectivity index (χ0) is 13.3. The Kier molecular flexibility index (Phi) is 8.99. The zero-order valence-electron chi connectivity index (χ0n) is 11.2. The summed E-state index contributed by atoms with van der Waals surface area (Å²) in [7, 11) is 4.00. The van der Waals surface area contributed by atoms with Crippen LogP contribution in [0.5, 0.6) is 0 Å². The van der Waals surface area contributed by atoms with Gasteiger partial charge in [0.05, 0.1) is 4.99 Å². The van der Waals surface area contributed by atoms with Gasteiger partial charge in [-0.3, -0.25) is 4.79 Å². The number of rotatable bonds is 9. The van der Waals surface area contributed by atoms with Gasteiger partial charge in [-0.05, 0) is 20.5 Å². The predicted molar refractivity (Wildman–Crippen MR) is 76.1 cm³/mol. The van der Waals surface area contributed by atoms with E-state index >= 15 is 0 Å². The highest BCUT2D eigenvalue weighted by Gasteiger charge is 2.12. The highest BCUT2D eigenvalue weighted by Crippen LogP contribution is 2.02. The molecule has 0 heterocycles. The van der Waals surface area contributed by atoms with Crippen LogP contribution in [0.3, 0.4) is 0 Å². The van der Waals surface area contributed by atoms with E-state index in [0.717, 1.165) is 25.9 Å². The Hall–Kier alpha value is -0.680. The van der Waals surface area contributed by atoms with Crippen molar-refractivity contribution >= 4 is 23.1 Å². The normalized spacial score (nSPS) is 10.6. The summed E-state index contributed by atoms with van der Waals surface area (Å²) in [6.45, 7) is 4.35. The fourth-order valence-electron chi connectivity index (χ4n) is 1.41. The van der Waals surface area contributed by atoms with Gasteiger partial charge in [-0.15, -0.1) is 0 Å². The third-order valence-corrected chi connectivity index (χ3v) is 2.75. The first-order chi connectivity index (χ1) is 7.97. The van der Waals surface area contributed by atoms with E-state index in [1.165, 1.54) is 0 Å². The van der Waals surface area contributed by atoms with Crippen molar-refractivity contribution in [2.45, 2.75) is 32.6 Å². The first kappa shape index (κ1) is 16.3. The monoisotopic (exact) mass is 259 g/mol. The number of hydrogen-bond donors (Lipinski definition) is 1. The number of thiocarbonyl (C=S) groups is 1. The molecule has 0 bridgehead atoms. The average molecular weight is 259 g/mol. The predicted octanol–water partition coefficient (Wildman–Crippen LogP) is 1.24. The molecule has 0 rings (SSSR count). The SMILES string of the molecule is CCCCC(=O)N(CCC(N)=S)CCN(C)C. The lowest BCUT2D eigenvalue weighted by atomic mass is 10.2. The molecule has 0 aromatic carbocycles. The molecule has 0 spiro atoms. The van der Waals surface area contributed by atoms with Gasteiger partial charge in [0.2, 0.25) is 5.91 Å². The number of amides is 1. The number of nitrogens with zero attached hydrogens (tertiary/aromatic N) is 2. The molecule has 5 heteroatoms. The van der Waals surface area contributed by atoms with E-state index in [-0.39, 0.29) is 5.91 Å². The zero-order valence-corrected chi connectivity index (χ0v) is 12.1. The molecular formula is C12H25N3OS. The van der Waals surface area contributed by atoms with E-state index in [1.54, 1.807) is 0 Å². The molecule has 0 aliphatic heterocycles. The molecule has 4 nitrogen and oxygen atoms in total. The Morgan fingerprint density at radius 3 is 2.29 bits per heavy atom. The summed E-state index contributed by atoms with van der Waals surface area (Å²) in [5.41, 5.74) is 5.48. The maximum atomic E-state index is 12.0. The van der Waals surface area contributed by atoms with Gasteiger partial charge < -0.3 is 15.5 Å². The lowest BCUT2D eigenvalue weighted by Crippen LogP contribution is -2.38. The van der Waals surface area contributed by atoms with Crippen LogP contribution < -0.4 is 5.73 Å². The molecule has 0 radical (unpaired) electrons. The van der Waals surface area contributed by atoms with Crippen LogP contribution in [0.15, 0.2) is 0 Å². The van der Waals surface area contributed by atoms with Crippen LogP contribution in [0.4, 0.5) is 0 Å². The van der Waals surface area contributed by atoms with Crippen LogP contribution in [0.25, 0.3) is 0 Å². The van der Waals surface area contributed by atoms with E-state index in [2.05, 4.69) is 11.8 Å². The molecule has 0 aromatic rings. The third-order valence-electron chi connectivity index (χ3n) is 2.54. The second-order valence-electron chi connectivity index (χ2n) is 4.50. The summed E-state index contributed by atoms with van der Waals surface area (Å²) in [4.78, 5) is 16.4. The first-order valence-corrected chi connectivity index (χ1v) is 6.59. The van der Waals surface area contributed by atoms with Crippen molar-refractivity contribution in [1.29, 1.82) is 0 Å². The van der Waals surface area contributed by atoms with Crippen LogP contribution in [0.2, 0.25) is 0 Å². The summed E-state index contributed by atoms with van der Waals surface area (Å²) in [5.74, 6) is 0.213. The molecule has 100 valence electrons. The Bertz CT molecular complexity index is 244. The van der Waals surface area contributed by atoms with E-state index in [4.69, 9.17) is 18.0 Å². The van der Waals surface area contributed by atoms with Crippen LogP contribution in [0.1, 0.15) is 32.6 Å². The number of unbranched alkanes of at least 4 members (excludes halogenated alkanes) is 1. The topological polar surface area (TPSA) is 49.6 Å². The highest BCUT2D eigenvalue weighted by molar-refractivity contribution is 7.80. The van der Waals surface area contributed by atoms with Crippen molar-refractivity contribution in [2.24, 2.45) is 5.73 Å². The van der Waals surface area contributed by atoms with Gasteiger partial charge in [-0.1, -0.05) is 25.6 Å². The van der Waals surface area contributed by atoms with E-state index < -0.39 is 0 Å².